The zero-order chi connectivity index (χ0) is 8.49. The highest BCUT2D eigenvalue weighted by Gasteiger charge is 1.75. The van der Waals surface area contributed by atoms with Crippen LogP contribution in [0.3, 0.4) is 0 Å². The van der Waals surface area contributed by atoms with E-state index in [2.05, 4.69) is 24.6 Å². The summed E-state index contributed by atoms with van der Waals surface area (Å²) in [6.45, 7) is 0. The molecule has 0 N–H and O–H groups in total. The van der Waals surface area contributed by atoms with Crippen LogP contribution in [0.2, 0.25) is 0 Å². The summed E-state index contributed by atoms with van der Waals surface area (Å²) in [4.78, 5) is 0. The molecular formula is C12H13. The number of hydrogen-bond donors (Lipinski definition) is 0. The zero-order valence-corrected chi connectivity index (χ0v) is 7.06. The quantitative estimate of drug-likeness (QED) is 0.505. The zero-order valence-electron chi connectivity index (χ0n) is 7.06. The van der Waals surface area contributed by atoms with Crippen molar-refractivity contribution in [1.29, 1.82) is 0 Å². The fourth-order valence-corrected chi connectivity index (χ4v) is 0.842. The summed E-state index contributed by atoms with van der Waals surface area (Å²) in [6, 6.07) is 0. The molecule has 0 nitrogen and oxygen atoms in total. The lowest BCUT2D eigenvalue weighted by Gasteiger charge is -1.84. The molecule has 0 unspecified atom stereocenters. The average molecular weight is 157 g/mol. The second kappa shape index (κ2) is 6.41. The fraction of sp³-hybridized carbons (Fsp3) is 0.0833. The van der Waals surface area contributed by atoms with Gasteiger partial charge in [-0.05, 0) is 12.8 Å². The highest BCUT2D eigenvalue weighted by Crippen LogP contribution is 1.94. The van der Waals surface area contributed by atoms with Gasteiger partial charge in [0.05, 0.1) is 0 Å². The van der Waals surface area contributed by atoms with Gasteiger partial charge >= 0.3 is 0 Å². The highest BCUT2D eigenvalue weighted by atomic mass is 13.8. The van der Waals surface area contributed by atoms with E-state index in [1.807, 2.05) is 42.5 Å². The van der Waals surface area contributed by atoms with Crippen molar-refractivity contribution in [2.45, 2.75) is 6.42 Å². The SMILES string of the molecule is [CH]1/C=C/C=C\C=C\C=C/C=C/C1. The highest BCUT2D eigenvalue weighted by molar-refractivity contribution is 5.20. The van der Waals surface area contributed by atoms with Crippen LogP contribution >= 0.6 is 0 Å². The van der Waals surface area contributed by atoms with Gasteiger partial charge in [0.25, 0.3) is 0 Å². The molecule has 1 aliphatic carbocycles. The lowest BCUT2D eigenvalue weighted by atomic mass is 10.2. The van der Waals surface area contributed by atoms with Crippen LogP contribution in [0.4, 0.5) is 0 Å². The minimum absolute atomic E-state index is 0.998. The summed E-state index contributed by atoms with van der Waals surface area (Å²) >= 11 is 0. The normalized spacial score (nSPS) is 30.7. The van der Waals surface area contributed by atoms with E-state index in [-0.39, 0.29) is 0 Å². The Kier molecular flexibility index (Phi) is 4.70. The fourth-order valence-electron chi connectivity index (χ4n) is 0.842. The van der Waals surface area contributed by atoms with E-state index in [1.165, 1.54) is 0 Å². The van der Waals surface area contributed by atoms with Gasteiger partial charge in [-0.15, -0.1) is 0 Å². The smallest absolute Gasteiger partial charge is 0.0130 e. The van der Waals surface area contributed by atoms with E-state index >= 15 is 0 Å². The Labute approximate surface area is 74.3 Å². The van der Waals surface area contributed by atoms with Crippen molar-refractivity contribution in [2.75, 3.05) is 0 Å². The van der Waals surface area contributed by atoms with Crippen molar-refractivity contribution in [2.24, 2.45) is 0 Å². The Morgan fingerprint density at radius 3 is 1.67 bits per heavy atom. The Hall–Kier alpha value is -1.30. The minimum Gasteiger partial charge on any atom is -0.0839 e. The van der Waals surface area contributed by atoms with Gasteiger partial charge in [-0.25, -0.2) is 0 Å². The first-order valence-electron chi connectivity index (χ1n) is 4.15. The molecule has 0 bridgehead atoms. The Morgan fingerprint density at radius 2 is 1.00 bits per heavy atom. The van der Waals surface area contributed by atoms with Gasteiger partial charge in [0.1, 0.15) is 0 Å². The number of hydrogen-bond acceptors (Lipinski definition) is 0. The molecule has 0 aromatic heterocycles. The lowest BCUT2D eigenvalue weighted by molar-refractivity contribution is 1.29. The predicted molar refractivity (Wildman–Crippen MR) is 54.6 cm³/mol. The van der Waals surface area contributed by atoms with Crippen LogP contribution < -0.4 is 0 Å². The molecule has 0 heteroatoms. The maximum Gasteiger partial charge on any atom is -0.0130 e. The molecule has 1 rings (SSSR count). The van der Waals surface area contributed by atoms with Gasteiger partial charge in [-0.2, -0.15) is 0 Å². The van der Waals surface area contributed by atoms with Crippen molar-refractivity contribution in [3.63, 3.8) is 0 Å². The maximum absolute atomic E-state index is 2.12. The summed E-state index contributed by atoms with van der Waals surface area (Å²) in [7, 11) is 0. The number of allylic oxidation sites excluding steroid dienone is 10. The van der Waals surface area contributed by atoms with Gasteiger partial charge in [0.15, 0.2) is 0 Å². The van der Waals surface area contributed by atoms with Crippen molar-refractivity contribution in [3.8, 4) is 0 Å². The second-order valence-corrected chi connectivity index (χ2v) is 2.44. The molecule has 0 spiro atoms. The Bertz CT molecular complexity index is 211. The standard InChI is InChI=1S/C12H13/c1-2-4-6-8-10-12-11-9-7-5-3-1/h1-11H,12H2/b2-1+,5-3-,6-4-,9-7+,10-8+. The van der Waals surface area contributed by atoms with E-state index in [0.29, 0.717) is 0 Å². The molecule has 0 aliphatic heterocycles. The van der Waals surface area contributed by atoms with Gasteiger partial charge in [0, 0.05) is 0 Å². The summed E-state index contributed by atoms with van der Waals surface area (Å²) in [6.07, 6.45) is 23.5. The van der Waals surface area contributed by atoms with Crippen LogP contribution in [-0.4, -0.2) is 0 Å². The van der Waals surface area contributed by atoms with Crippen LogP contribution in [0.15, 0.2) is 60.8 Å². The molecule has 0 aromatic carbocycles. The third-order valence-corrected chi connectivity index (χ3v) is 1.43. The minimum atomic E-state index is 0.998. The van der Waals surface area contributed by atoms with E-state index in [0.717, 1.165) is 6.42 Å². The Balaban J connectivity index is 2.55. The topological polar surface area (TPSA) is 0 Å². The Morgan fingerprint density at radius 1 is 0.500 bits per heavy atom. The van der Waals surface area contributed by atoms with Gasteiger partial charge in [-0.3, -0.25) is 0 Å². The monoisotopic (exact) mass is 157 g/mol. The van der Waals surface area contributed by atoms with E-state index < -0.39 is 0 Å². The molecule has 1 radical (unpaired) electrons. The third kappa shape index (κ3) is 4.51. The van der Waals surface area contributed by atoms with Crippen molar-refractivity contribution in [1.82, 2.24) is 0 Å². The molecule has 61 valence electrons. The van der Waals surface area contributed by atoms with Gasteiger partial charge in [-0.1, -0.05) is 60.8 Å². The summed E-state index contributed by atoms with van der Waals surface area (Å²) < 4.78 is 0. The molecule has 0 fully saturated rings. The van der Waals surface area contributed by atoms with Gasteiger partial charge < -0.3 is 0 Å². The third-order valence-electron chi connectivity index (χ3n) is 1.43. The summed E-state index contributed by atoms with van der Waals surface area (Å²) in [5.41, 5.74) is 0. The van der Waals surface area contributed by atoms with Crippen LogP contribution in [0.1, 0.15) is 6.42 Å². The van der Waals surface area contributed by atoms with E-state index in [1.54, 1.807) is 0 Å². The molecule has 12 heavy (non-hydrogen) atoms. The summed E-state index contributed by atoms with van der Waals surface area (Å²) in [5.74, 6) is 0. The first-order chi connectivity index (χ1) is 6.00. The van der Waals surface area contributed by atoms with E-state index in [4.69, 9.17) is 0 Å². The largest absolute Gasteiger partial charge is 0.0839 e. The van der Waals surface area contributed by atoms with Crippen LogP contribution in [0, 0.1) is 6.42 Å². The van der Waals surface area contributed by atoms with Crippen molar-refractivity contribution < 1.29 is 0 Å². The lowest BCUT2D eigenvalue weighted by Crippen LogP contribution is -1.65. The van der Waals surface area contributed by atoms with Crippen LogP contribution in [-0.2, 0) is 0 Å². The van der Waals surface area contributed by atoms with E-state index in [9.17, 15) is 0 Å². The van der Waals surface area contributed by atoms with Crippen molar-refractivity contribution in [3.05, 3.63) is 67.2 Å². The first-order valence-corrected chi connectivity index (χ1v) is 4.15. The average Bonchev–Trinajstić information content (AvgIpc) is 2.05. The maximum atomic E-state index is 2.12. The van der Waals surface area contributed by atoms with Gasteiger partial charge in [0.2, 0.25) is 0 Å². The molecule has 0 amide bonds. The first kappa shape index (κ1) is 8.79. The molecule has 0 saturated carbocycles. The second-order valence-electron chi connectivity index (χ2n) is 2.44. The molecule has 0 atom stereocenters. The van der Waals surface area contributed by atoms with Crippen LogP contribution in [0.5, 0.6) is 0 Å². The number of rotatable bonds is 0. The van der Waals surface area contributed by atoms with Crippen LogP contribution in [0.25, 0.3) is 0 Å². The molecule has 0 aromatic rings. The molecule has 1 aliphatic rings. The molecule has 0 heterocycles. The van der Waals surface area contributed by atoms with Crippen molar-refractivity contribution >= 4 is 0 Å². The molecule has 0 saturated heterocycles. The molecular weight excluding hydrogens is 144 g/mol. The predicted octanol–water partition coefficient (Wildman–Crippen LogP) is 3.38. The summed E-state index contributed by atoms with van der Waals surface area (Å²) in [5, 5.41) is 0.